The summed E-state index contributed by atoms with van der Waals surface area (Å²) in [6, 6.07) is 0. The van der Waals surface area contributed by atoms with Crippen LogP contribution in [-0.4, -0.2) is 5.78 Å². The molecule has 64 valence electrons. The van der Waals surface area contributed by atoms with Crippen molar-refractivity contribution in [2.75, 3.05) is 0 Å². The Kier molecular flexibility index (Phi) is 2.36. The quantitative estimate of drug-likeness (QED) is 0.567. The third kappa shape index (κ3) is 2.05. The van der Waals surface area contributed by atoms with Gasteiger partial charge in [0.05, 0.1) is 0 Å². The van der Waals surface area contributed by atoms with Crippen LogP contribution in [0, 0.1) is 11.3 Å². The zero-order chi connectivity index (χ0) is 8.48. The number of ketones is 1. The van der Waals surface area contributed by atoms with E-state index in [1.807, 2.05) is 0 Å². The molecule has 0 aromatic carbocycles. The van der Waals surface area contributed by atoms with E-state index in [-0.39, 0.29) is 0 Å². The molecule has 1 nitrogen and oxygen atoms in total. The molecule has 0 aromatic heterocycles. The highest BCUT2D eigenvalue weighted by Crippen LogP contribution is 2.39. The molecule has 2 atom stereocenters. The Hall–Kier alpha value is -0.330. The predicted molar refractivity (Wildman–Crippen MR) is 46.4 cm³/mol. The summed E-state index contributed by atoms with van der Waals surface area (Å²) in [5.74, 6) is 1.08. The zero-order valence-electron chi connectivity index (χ0n) is 7.81. The summed E-state index contributed by atoms with van der Waals surface area (Å²) in [5.41, 5.74) is 0.314. The first-order valence-corrected chi connectivity index (χ1v) is 4.57. The molecule has 1 rings (SSSR count). The topological polar surface area (TPSA) is 17.1 Å². The van der Waals surface area contributed by atoms with E-state index in [1.54, 1.807) is 0 Å². The molecule has 0 heterocycles. The standard InChI is InChI=1S/C10H18O/c1-4-10(3)6-8(2)5-9(11)7-10/h8H,4-7H2,1-3H3. The maximum atomic E-state index is 11.2. The smallest absolute Gasteiger partial charge is 0.133 e. The minimum atomic E-state index is 0.314. The van der Waals surface area contributed by atoms with Gasteiger partial charge in [0.1, 0.15) is 5.78 Å². The lowest BCUT2D eigenvalue weighted by Crippen LogP contribution is -2.29. The number of Topliss-reactive ketones (excluding diaryl/α,β-unsaturated/α-hetero) is 1. The Labute approximate surface area is 69.2 Å². The number of carbonyl (C=O) groups excluding carboxylic acids is 1. The molecule has 1 saturated carbocycles. The summed E-state index contributed by atoms with van der Waals surface area (Å²) in [5, 5.41) is 0. The fourth-order valence-corrected chi connectivity index (χ4v) is 2.19. The van der Waals surface area contributed by atoms with Gasteiger partial charge in [-0.05, 0) is 17.8 Å². The number of carbonyl (C=O) groups is 1. The molecule has 1 fully saturated rings. The van der Waals surface area contributed by atoms with Crippen molar-refractivity contribution in [2.45, 2.75) is 46.5 Å². The van der Waals surface area contributed by atoms with E-state index >= 15 is 0 Å². The predicted octanol–water partition coefficient (Wildman–Crippen LogP) is 2.79. The summed E-state index contributed by atoms with van der Waals surface area (Å²) in [6.45, 7) is 6.61. The molecule has 0 amide bonds. The van der Waals surface area contributed by atoms with Gasteiger partial charge in [0.2, 0.25) is 0 Å². The van der Waals surface area contributed by atoms with Crippen molar-refractivity contribution in [3.63, 3.8) is 0 Å². The Balaban J connectivity index is 2.62. The Morgan fingerprint density at radius 3 is 2.73 bits per heavy atom. The third-order valence-corrected chi connectivity index (χ3v) is 2.89. The molecule has 0 spiro atoms. The summed E-state index contributed by atoms with van der Waals surface area (Å²) >= 11 is 0. The second-order valence-electron chi connectivity index (χ2n) is 4.39. The number of hydrogen-bond acceptors (Lipinski definition) is 1. The molecule has 0 N–H and O–H groups in total. The average Bonchev–Trinajstić information content (AvgIpc) is 1.84. The first-order valence-electron chi connectivity index (χ1n) is 4.57. The molecular weight excluding hydrogens is 136 g/mol. The monoisotopic (exact) mass is 154 g/mol. The van der Waals surface area contributed by atoms with Gasteiger partial charge in [-0.2, -0.15) is 0 Å². The molecule has 2 unspecified atom stereocenters. The maximum Gasteiger partial charge on any atom is 0.133 e. The van der Waals surface area contributed by atoms with Crippen LogP contribution in [0.3, 0.4) is 0 Å². The zero-order valence-corrected chi connectivity index (χ0v) is 7.81. The largest absolute Gasteiger partial charge is 0.300 e. The molecule has 11 heavy (non-hydrogen) atoms. The van der Waals surface area contributed by atoms with Gasteiger partial charge in [-0.25, -0.2) is 0 Å². The highest BCUT2D eigenvalue weighted by molar-refractivity contribution is 5.80. The molecule has 0 saturated heterocycles. The average molecular weight is 154 g/mol. The Bertz CT molecular complexity index is 162. The highest BCUT2D eigenvalue weighted by atomic mass is 16.1. The highest BCUT2D eigenvalue weighted by Gasteiger charge is 2.32. The molecule has 0 radical (unpaired) electrons. The second kappa shape index (κ2) is 2.96. The van der Waals surface area contributed by atoms with E-state index in [4.69, 9.17) is 0 Å². The lowest BCUT2D eigenvalue weighted by Gasteiger charge is -2.35. The first kappa shape index (κ1) is 8.76. The van der Waals surface area contributed by atoms with Gasteiger partial charge in [-0.3, -0.25) is 4.79 Å². The molecule has 1 aliphatic carbocycles. The lowest BCUT2D eigenvalue weighted by atomic mass is 9.69. The van der Waals surface area contributed by atoms with Crippen LogP contribution in [0.4, 0.5) is 0 Å². The maximum absolute atomic E-state index is 11.2. The van der Waals surface area contributed by atoms with Gasteiger partial charge in [0, 0.05) is 12.8 Å². The minimum Gasteiger partial charge on any atom is -0.300 e. The van der Waals surface area contributed by atoms with Gasteiger partial charge in [-0.1, -0.05) is 27.2 Å². The summed E-state index contributed by atoms with van der Waals surface area (Å²) in [7, 11) is 0. The van der Waals surface area contributed by atoms with E-state index in [2.05, 4.69) is 20.8 Å². The van der Waals surface area contributed by atoms with Crippen molar-refractivity contribution >= 4 is 5.78 Å². The summed E-state index contributed by atoms with van der Waals surface area (Å²) in [4.78, 5) is 11.2. The van der Waals surface area contributed by atoms with Gasteiger partial charge >= 0.3 is 0 Å². The van der Waals surface area contributed by atoms with Crippen LogP contribution >= 0.6 is 0 Å². The normalized spacial score (nSPS) is 39.2. The van der Waals surface area contributed by atoms with Crippen LogP contribution in [0.15, 0.2) is 0 Å². The van der Waals surface area contributed by atoms with Gasteiger partial charge in [0.15, 0.2) is 0 Å². The summed E-state index contributed by atoms with van der Waals surface area (Å²) < 4.78 is 0. The second-order valence-corrected chi connectivity index (χ2v) is 4.39. The van der Waals surface area contributed by atoms with Crippen LogP contribution < -0.4 is 0 Å². The SMILES string of the molecule is CCC1(C)CC(=O)CC(C)C1. The van der Waals surface area contributed by atoms with E-state index in [1.165, 1.54) is 6.42 Å². The van der Waals surface area contributed by atoms with Crippen molar-refractivity contribution in [2.24, 2.45) is 11.3 Å². The Morgan fingerprint density at radius 1 is 1.64 bits per heavy atom. The minimum absolute atomic E-state index is 0.314. The molecule has 1 aliphatic rings. The van der Waals surface area contributed by atoms with E-state index in [9.17, 15) is 4.79 Å². The molecule has 1 heteroatoms. The van der Waals surface area contributed by atoms with Gasteiger partial charge in [-0.15, -0.1) is 0 Å². The van der Waals surface area contributed by atoms with Crippen molar-refractivity contribution in [3.8, 4) is 0 Å². The lowest BCUT2D eigenvalue weighted by molar-refractivity contribution is -0.125. The fraction of sp³-hybridized carbons (Fsp3) is 0.900. The van der Waals surface area contributed by atoms with Crippen LogP contribution in [-0.2, 0) is 4.79 Å². The van der Waals surface area contributed by atoms with E-state index < -0.39 is 0 Å². The molecule has 0 aromatic rings. The Morgan fingerprint density at radius 2 is 2.27 bits per heavy atom. The van der Waals surface area contributed by atoms with Crippen molar-refractivity contribution < 1.29 is 4.79 Å². The van der Waals surface area contributed by atoms with Crippen molar-refractivity contribution in [1.82, 2.24) is 0 Å². The van der Waals surface area contributed by atoms with Crippen LogP contribution in [0.5, 0.6) is 0 Å². The molecule has 0 bridgehead atoms. The molecular formula is C10H18O. The van der Waals surface area contributed by atoms with Crippen LogP contribution in [0.1, 0.15) is 46.5 Å². The third-order valence-electron chi connectivity index (χ3n) is 2.89. The number of rotatable bonds is 1. The summed E-state index contributed by atoms with van der Waals surface area (Å²) in [6.07, 6.45) is 4.00. The number of hydrogen-bond donors (Lipinski definition) is 0. The van der Waals surface area contributed by atoms with Crippen LogP contribution in [0.25, 0.3) is 0 Å². The van der Waals surface area contributed by atoms with Crippen molar-refractivity contribution in [3.05, 3.63) is 0 Å². The van der Waals surface area contributed by atoms with Crippen molar-refractivity contribution in [1.29, 1.82) is 0 Å². The fourth-order valence-electron chi connectivity index (χ4n) is 2.19. The molecule has 0 aliphatic heterocycles. The van der Waals surface area contributed by atoms with E-state index in [0.717, 1.165) is 19.3 Å². The van der Waals surface area contributed by atoms with Gasteiger partial charge in [0.25, 0.3) is 0 Å². The van der Waals surface area contributed by atoms with Gasteiger partial charge < -0.3 is 0 Å². The van der Waals surface area contributed by atoms with Crippen LogP contribution in [0.2, 0.25) is 0 Å². The first-order chi connectivity index (χ1) is 5.06. The van der Waals surface area contributed by atoms with E-state index in [0.29, 0.717) is 17.1 Å².